The molecule has 13 heteroatoms. The highest BCUT2D eigenvalue weighted by Crippen LogP contribution is 2.38. The maximum absolute atomic E-state index is 13.6. The first-order valence-electron chi connectivity index (χ1n) is 15.8. The number of methoxy groups -OCH3 is 3. The summed E-state index contributed by atoms with van der Waals surface area (Å²) in [7, 11) is 8.56. The van der Waals surface area contributed by atoms with Crippen molar-refractivity contribution in [3.63, 3.8) is 0 Å². The summed E-state index contributed by atoms with van der Waals surface area (Å²) in [4.78, 5) is 48.3. The number of carbonyl (C=O) groups excluding carboxylic acids is 2. The summed E-state index contributed by atoms with van der Waals surface area (Å²) in [6, 6.07) is 8.23. The predicted octanol–water partition coefficient (Wildman–Crippen LogP) is 2.92. The van der Waals surface area contributed by atoms with Gasteiger partial charge >= 0.3 is 17.6 Å². The number of amides is 2. The molecular formula is C34H45N5O8. The molecule has 0 aliphatic carbocycles. The number of nitrogens with zero attached hydrogens (tertiary/aromatic N) is 4. The zero-order chi connectivity index (χ0) is 33.7. The lowest BCUT2D eigenvalue weighted by molar-refractivity contribution is 0.0153. The fourth-order valence-corrected chi connectivity index (χ4v) is 6.03. The van der Waals surface area contributed by atoms with Gasteiger partial charge in [-0.3, -0.25) is 4.90 Å². The molecule has 2 fully saturated rings. The van der Waals surface area contributed by atoms with Crippen molar-refractivity contribution < 1.29 is 33.0 Å². The van der Waals surface area contributed by atoms with E-state index < -0.39 is 17.7 Å². The van der Waals surface area contributed by atoms with Crippen LogP contribution in [0.15, 0.2) is 39.5 Å². The third-order valence-corrected chi connectivity index (χ3v) is 8.99. The van der Waals surface area contributed by atoms with Crippen LogP contribution in [0.2, 0.25) is 0 Å². The Balaban J connectivity index is 1.39. The van der Waals surface area contributed by atoms with Crippen LogP contribution in [0.3, 0.4) is 0 Å². The van der Waals surface area contributed by atoms with E-state index in [-0.39, 0.29) is 18.0 Å². The number of aryl methyl sites for hydroxylation is 1. The molecule has 13 nitrogen and oxygen atoms in total. The molecular weight excluding hydrogens is 606 g/mol. The molecule has 0 spiro atoms. The van der Waals surface area contributed by atoms with Gasteiger partial charge in [0.1, 0.15) is 11.7 Å². The minimum atomic E-state index is -0.647. The Labute approximate surface area is 274 Å². The number of nitrogens with one attached hydrogen (secondary N) is 1. The van der Waals surface area contributed by atoms with Crippen LogP contribution in [0, 0.1) is 6.92 Å². The van der Waals surface area contributed by atoms with E-state index in [0.29, 0.717) is 53.7 Å². The average Bonchev–Trinajstić information content (AvgIpc) is 3.06. The van der Waals surface area contributed by atoms with Gasteiger partial charge in [0.2, 0.25) is 5.75 Å². The molecule has 254 valence electrons. The number of hydrogen-bond acceptors (Lipinski definition) is 11. The minimum absolute atomic E-state index is 0.161. The van der Waals surface area contributed by atoms with Crippen LogP contribution >= 0.6 is 0 Å². The topological polar surface area (TPSA) is 126 Å². The largest absolute Gasteiger partial charge is 0.493 e. The quantitative estimate of drug-likeness (QED) is 0.257. The molecule has 0 bridgehead atoms. The first-order valence-corrected chi connectivity index (χ1v) is 15.8. The third-order valence-electron chi connectivity index (χ3n) is 8.99. The Bertz CT molecular complexity index is 1620. The summed E-state index contributed by atoms with van der Waals surface area (Å²) < 4.78 is 28.2. The van der Waals surface area contributed by atoms with E-state index in [4.69, 9.17) is 23.4 Å². The lowest BCUT2D eigenvalue weighted by Gasteiger charge is -2.34. The molecule has 1 unspecified atom stereocenters. The number of urea groups is 1. The summed E-state index contributed by atoms with van der Waals surface area (Å²) in [5, 5.41) is 3.67. The molecule has 1 N–H and O–H groups in total. The summed E-state index contributed by atoms with van der Waals surface area (Å²) in [5.41, 5.74) is 1.81. The normalized spacial score (nSPS) is 16.9. The molecule has 2 aliphatic rings. The zero-order valence-corrected chi connectivity index (χ0v) is 28.1. The van der Waals surface area contributed by atoms with Gasteiger partial charge in [-0.05, 0) is 50.8 Å². The van der Waals surface area contributed by atoms with Gasteiger partial charge in [-0.25, -0.2) is 14.4 Å². The van der Waals surface area contributed by atoms with Gasteiger partial charge in [-0.2, -0.15) is 0 Å². The highest BCUT2D eigenvalue weighted by Gasteiger charge is 2.27. The molecule has 2 aromatic carbocycles. The second kappa shape index (κ2) is 15.1. The molecule has 3 aromatic rings. The van der Waals surface area contributed by atoms with Crippen LogP contribution in [0.4, 0.5) is 10.5 Å². The van der Waals surface area contributed by atoms with E-state index in [1.54, 1.807) is 29.2 Å². The number of rotatable bonds is 10. The lowest BCUT2D eigenvalue weighted by atomic mass is 10.00. The van der Waals surface area contributed by atoms with Gasteiger partial charge in [0, 0.05) is 88.0 Å². The Kier molecular flexibility index (Phi) is 10.9. The van der Waals surface area contributed by atoms with Crippen LogP contribution in [-0.2, 0) is 11.2 Å². The van der Waals surface area contributed by atoms with Crippen molar-refractivity contribution in [1.29, 1.82) is 0 Å². The molecule has 5 rings (SSSR count). The maximum Gasteiger partial charge on any atom is 0.339 e. The van der Waals surface area contributed by atoms with Crippen molar-refractivity contribution in [2.45, 2.75) is 19.4 Å². The molecule has 3 heterocycles. The Hall–Kier alpha value is -4.33. The number of anilines is 1. The number of hydrogen-bond donors (Lipinski definition) is 1. The highest BCUT2D eigenvalue weighted by atomic mass is 16.5. The predicted molar refractivity (Wildman–Crippen MR) is 178 cm³/mol. The van der Waals surface area contributed by atoms with Crippen molar-refractivity contribution in [2.75, 3.05) is 99.6 Å². The van der Waals surface area contributed by atoms with Crippen molar-refractivity contribution in [1.82, 2.24) is 19.6 Å². The summed E-state index contributed by atoms with van der Waals surface area (Å²) >= 11 is 0. The molecule has 0 saturated carbocycles. The van der Waals surface area contributed by atoms with Gasteiger partial charge in [0.25, 0.3) is 0 Å². The fourth-order valence-electron chi connectivity index (χ4n) is 6.03. The molecule has 1 atom stereocenters. The first-order chi connectivity index (χ1) is 22.6. The maximum atomic E-state index is 13.6. The number of likely N-dealkylation sites (N-methyl/N-ethyl adjacent to an activating group) is 2. The fraction of sp³-hybridized carbons (Fsp3) is 0.500. The molecule has 2 aliphatic heterocycles. The van der Waals surface area contributed by atoms with Crippen LogP contribution in [0.25, 0.3) is 11.0 Å². The van der Waals surface area contributed by atoms with Crippen LogP contribution in [0.5, 0.6) is 17.2 Å². The van der Waals surface area contributed by atoms with Crippen LogP contribution < -0.4 is 25.2 Å². The second-order valence-electron chi connectivity index (χ2n) is 12.2. The van der Waals surface area contributed by atoms with E-state index in [1.807, 2.05) is 20.0 Å². The van der Waals surface area contributed by atoms with Gasteiger partial charge in [0.05, 0.1) is 26.9 Å². The molecule has 2 amide bonds. The highest BCUT2D eigenvalue weighted by molar-refractivity contribution is 5.93. The smallest absolute Gasteiger partial charge is 0.339 e. The Morgan fingerprint density at radius 2 is 1.49 bits per heavy atom. The molecule has 0 radical (unpaired) electrons. The summed E-state index contributed by atoms with van der Waals surface area (Å²) in [6.45, 7) is 8.62. The van der Waals surface area contributed by atoms with Crippen molar-refractivity contribution in [3.05, 3.63) is 57.4 Å². The number of esters is 1. The standard InChI is InChI=1S/C34H45N5O8/c1-22-26-8-7-24(35-34(42)39-15-11-37(3)12-16-39)19-28(26)47-33(41)27(22)20-25(21-38-13-9-36(2)10-14-38)46-32(40)23-17-29(43-4)31(45-6)30(18-23)44-5/h7-8,17-19,25H,9-16,20-21H2,1-6H3,(H,35,42). The Morgan fingerprint density at radius 3 is 2.09 bits per heavy atom. The number of carbonyl (C=O) groups is 2. The minimum Gasteiger partial charge on any atom is -0.493 e. The van der Waals surface area contributed by atoms with E-state index in [2.05, 4.69) is 27.1 Å². The van der Waals surface area contributed by atoms with Crippen LogP contribution in [-0.4, -0.2) is 132 Å². The van der Waals surface area contributed by atoms with E-state index in [1.165, 1.54) is 21.3 Å². The van der Waals surface area contributed by atoms with Gasteiger partial charge < -0.3 is 43.4 Å². The summed E-state index contributed by atoms with van der Waals surface area (Å²) in [5.74, 6) is 0.456. The summed E-state index contributed by atoms with van der Waals surface area (Å²) in [6.07, 6.45) is -0.486. The van der Waals surface area contributed by atoms with Crippen molar-refractivity contribution >= 4 is 28.7 Å². The number of piperazine rings is 2. The average molecular weight is 652 g/mol. The van der Waals surface area contributed by atoms with E-state index >= 15 is 0 Å². The van der Waals surface area contributed by atoms with Crippen molar-refractivity contribution in [3.8, 4) is 17.2 Å². The lowest BCUT2D eigenvalue weighted by Crippen LogP contribution is -2.48. The van der Waals surface area contributed by atoms with E-state index in [0.717, 1.165) is 50.2 Å². The van der Waals surface area contributed by atoms with Gasteiger partial charge in [-0.1, -0.05) is 0 Å². The van der Waals surface area contributed by atoms with Gasteiger partial charge in [-0.15, -0.1) is 0 Å². The first kappa shape index (κ1) is 34.0. The van der Waals surface area contributed by atoms with Crippen LogP contribution in [0.1, 0.15) is 21.5 Å². The molecule has 1 aromatic heterocycles. The zero-order valence-electron chi connectivity index (χ0n) is 28.1. The second-order valence-corrected chi connectivity index (χ2v) is 12.2. The van der Waals surface area contributed by atoms with Gasteiger partial charge in [0.15, 0.2) is 11.5 Å². The number of ether oxygens (including phenoxy) is 4. The number of fused-ring (bicyclic) bond motifs is 1. The molecule has 2 saturated heterocycles. The third kappa shape index (κ3) is 7.98. The Morgan fingerprint density at radius 1 is 0.872 bits per heavy atom. The monoisotopic (exact) mass is 651 g/mol. The molecule has 47 heavy (non-hydrogen) atoms. The van der Waals surface area contributed by atoms with E-state index in [9.17, 15) is 14.4 Å². The number of benzene rings is 2. The van der Waals surface area contributed by atoms with Crippen molar-refractivity contribution in [2.24, 2.45) is 0 Å². The SMILES string of the molecule is COc1cc(C(=O)OC(Cc2c(C)c3ccc(NC(=O)N4CCN(C)CC4)cc3oc2=O)CN2CCN(C)CC2)cc(OC)c1OC.